The van der Waals surface area contributed by atoms with Gasteiger partial charge in [-0.05, 0) is 48.5 Å². The largest absolute Gasteiger partial charge is 0.497 e. The Balaban J connectivity index is 1.61. The molecule has 2 N–H and O–H groups in total. The number of hydrogen-bond acceptors (Lipinski definition) is 6. The number of amides is 1. The molecule has 1 amide bonds. The number of allylic oxidation sites excluding steroid dienone is 1. The summed E-state index contributed by atoms with van der Waals surface area (Å²) in [5.74, 6) is 2.15. The van der Waals surface area contributed by atoms with Crippen LogP contribution in [-0.2, 0) is 0 Å². The number of carbonyl (C=O) groups is 1. The lowest BCUT2D eigenvalue weighted by atomic mass is 9.99. The summed E-state index contributed by atoms with van der Waals surface area (Å²) >= 11 is 5.99. The summed E-state index contributed by atoms with van der Waals surface area (Å²) in [6.45, 7) is 0. The maximum absolute atomic E-state index is 13.3. The van der Waals surface area contributed by atoms with Crippen molar-refractivity contribution in [2.45, 2.75) is 6.04 Å². The van der Waals surface area contributed by atoms with Crippen LogP contribution in [0.3, 0.4) is 0 Å². The highest BCUT2D eigenvalue weighted by molar-refractivity contribution is 6.30. The lowest BCUT2D eigenvalue weighted by Crippen LogP contribution is -2.22. The normalized spacial score (nSPS) is 14.2. The number of benzene rings is 3. The van der Waals surface area contributed by atoms with E-state index in [0.29, 0.717) is 33.6 Å². The van der Waals surface area contributed by atoms with Crippen molar-refractivity contribution in [3.63, 3.8) is 0 Å². The fraction of sp³-hybridized carbons (Fsp3) is 0.143. The van der Waals surface area contributed by atoms with E-state index in [9.17, 15) is 4.79 Å². The van der Waals surface area contributed by atoms with E-state index < -0.39 is 0 Å². The smallest absolute Gasteiger partial charge is 0.261 e. The lowest BCUT2D eigenvalue weighted by molar-refractivity contribution is 0.102. The molecule has 188 valence electrons. The van der Waals surface area contributed by atoms with Crippen LogP contribution in [0.5, 0.6) is 17.2 Å². The van der Waals surface area contributed by atoms with Crippen molar-refractivity contribution in [1.82, 2.24) is 9.78 Å². The molecule has 0 fully saturated rings. The van der Waals surface area contributed by atoms with Gasteiger partial charge in [-0.1, -0.05) is 35.9 Å². The van der Waals surface area contributed by atoms with Crippen molar-refractivity contribution < 1.29 is 19.0 Å². The van der Waals surface area contributed by atoms with Gasteiger partial charge in [0.2, 0.25) is 0 Å². The van der Waals surface area contributed by atoms with Crippen molar-refractivity contribution in [2.24, 2.45) is 0 Å². The summed E-state index contributed by atoms with van der Waals surface area (Å²) in [7, 11) is 4.82. The molecule has 0 aliphatic carbocycles. The van der Waals surface area contributed by atoms with Gasteiger partial charge >= 0.3 is 0 Å². The maximum Gasteiger partial charge on any atom is 0.261 e. The number of halogens is 1. The Kier molecular flexibility index (Phi) is 6.74. The van der Waals surface area contributed by atoms with Crippen LogP contribution in [0.1, 0.15) is 27.5 Å². The highest BCUT2D eigenvalue weighted by Gasteiger charge is 2.30. The summed E-state index contributed by atoms with van der Waals surface area (Å²) in [5, 5.41) is 11.5. The highest BCUT2D eigenvalue weighted by atomic mass is 35.5. The van der Waals surface area contributed by atoms with Crippen molar-refractivity contribution in [3.8, 4) is 17.2 Å². The molecule has 1 aliphatic heterocycles. The Bertz CT molecular complexity index is 1480. The van der Waals surface area contributed by atoms with Crippen LogP contribution in [-0.4, -0.2) is 37.0 Å². The molecule has 37 heavy (non-hydrogen) atoms. The number of ether oxygens (including phenoxy) is 3. The molecule has 4 aromatic rings. The molecular weight excluding hydrogens is 492 g/mol. The molecule has 5 rings (SSSR count). The van der Waals surface area contributed by atoms with Crippen molar-refractivity contribution in [2.75, 3.05) is 32.0 Å². The zero-order valence-electron chi connectivity index (χ0n) is 20.5. The molecular formula is C28H25ClN4O4. The summed E-state index contributed by atoms with van der Waals surface area (Å²) in [6, 6.07) is 19.9. The molecule has 0 saturated heterocycles. The summed E-state index contributed by atoms with van der Waals surface area (Å²) in [6.07, 6.45) is 3.59. The first-order valence-corrected chi connectivity index (χ1v) is 11.9. The number of fused-ring (bicyclic) bond motifs is 1. The van der Waals surface area contributed by atoms with Crippen LogP contribution < -0.4 is 24.8 Å². The number of methoxy groups -OCH3 is 3. The van der Waals surface area contributed by atoms with Gasteiger partial charge < -0.3 is 24.8 Å². The van der Waals surface area contributed by atoms with Crippen LogP contribution >= 0.6 is 11.6 Å². The van der Waals surface area contributed by atoms with Gasteiger partial charge in [0.1, 0.15) is 23.2 Å². The molecule has 3 aromatic carbocycles. The Morgan fingerprint density at radius 1 is 1.00 bits per heavy atom. The van der Waals surface area contributed by atoms with Gasteiger partial charge in [-0.3, -0.25) is 4.79 Å². The van der Waals surface area contributed by atoms with Crippen LogP contribution in [0.2, 0.25) is 5.02 Å². The predicted molar refractivity (Wildman–Crippen MR) is 144 cm³/mol. The van der Waals surface area contributed by atoms with Gasteiger partial charge in [0.15, 0.2) is 11.5 Å². The first kappa shape index (κ1) is 24.3. The standard InChI is InChI=1S/C28H25ClN4O4/c1-35-20-7-4-6-17(14-20)23-15-24(21-8-5-9-25(36-2)26(21)37-3)33-27(32-23)22(16-30-33)28(34)31-19-12-10-18(29)11-13-19/h4-16,24,32H,1-3H3,(H,31,34). The molecule has 0 radical (unpaired) electrons. The zero-order chi connectivity index (χ0) is 25.9. The Hall–Kier alpha value is -4.43. The monoisotopic (exact) mass is 516 g/mol. The minimum absolute atomic E-state index is 0.306. The van der Waals surface area contributed by atoms with Crippen molar-refractivity contribution >= 4 is 34.7 Å². The number of hydrogen-bond donors (Lipinski definition) is 2. The number of nitrogens with one attached hydrogen (secondary N) is 2. The van der Waals surface area contributed by atoms with Crippen LogP contribution in [0.15, 0.2) is 79.0 Å². The van der Waals surface area contributed by atoms with E-state index in [-0.39, 0.29) is 11.9 Å². The fourth-order valence-corrected chi connectivity index (χ4v) is 4.44. The fourth-order valence-electron chi connectivity index (χ4n) is 4.32. The van der Waals surface area contributed by atoms with Crippen molar-refractivity contribution in [3.05, 3.63) is 101 Å². The summed E-state index contributed by atoms with van der Waals surface area (Å²) in [5.41, 5.74) is 3.53. The Morgan fingerprint density at radius 2 is 1.78 bits per heavy atom. The van der Waals surface area contributed by atoms with E-state index in [0.717, 1.165) is 22.6 Å². The van der Waals surface area contributed by atoms with Crippen molar-refractivity contribution in [1.29, 1.82) is 0 Å². The van der Waals surface area contributed by atoms with Gasteiger partial charge in [0.25, 0.3) is 5.91 Å². The van der Waals surface area contributed by atoms with E-state index in [1.807, 2.05) is 48.5 Å². The number of carbonyl (C=O) groups excluding carboxylic acids is 1. The lowest BCUT2D eigenvalue weighted by Gasteiger charge is -2.27. The van der Waals surface area contributed by atoms with Gasteiger partial charge in [0, 0.05) is 27.5 Å². The first-order valence-electron chi connectivity index (χ1n) is 11.5. The van der Waals surface area contributed by atoms with Crippen LogP contribution in [0, 0.1) is 0 Å². The molecule has 0 bridgehead atoms. The number of rotatable bonds is 7. The second-order valence-electron chi connectivity index (χ2n) is 8.28. The minimum atomic E-state index is -0.389. The van der Waals surface area contributed by atoms with Crippen LogP contribution in [0.25, 0.3) is 5.70 Å². The van der Waals surface area contributed by atoms with Crippen LogP contribution in [0.4, 0.5) is 11.5 Å². The van der Waals surface area contributed by atoms with Gasteiger partial charge in [-0.25, -0.2) is 4.68 Å². The third-order valence-corrected chi connectivity index (χ3v) is 6.37. The number of anilines is 2. The number of nitrogens with zero attached hydrogens (tertiary/aromatic N) is 2. The number of para-hydroxylation sites is 1. The average Bonchev–Trinajstić information content (AvgIpc) is 3.37. The van der Waals surface area contributed by atoms with E-state index in [1.165, 1.54) is 0 Å². The zero-order valence-corrected chi connectivity index (χ0v) is 21.2. The van der Waals surface area contributed by atoms with E-state index in [2.05, 4.69) is 15.7 Å². The minimum Gasteiger partial charge on any atom is -0.497 e. The van der Waals surface area contributed by atoms with E-state index in [4.69, 9.17) is 25.8 Å². The third kappa shape index (κ3) is 4.71. The maximum atomic E-state index is 13.3. The molecule has 9 heteroatoms. The first-order chi connectivity index (χ1) is 18.0. The Morgan fingerprint density at radius 3 is 2.51 bits per heavy atom. The van der Waals surface area contributed by atoms with E-state index >= 15 is 0 Å². The molecule has 1 aliphatic rings. The third-order valence-electron chi connectivity index (χ3n) is 6.12. The predicted octanol–water partition coefficient (Wildman–Crippen LogP) is 5.87. The molecule has 2 heterocycles. The van der Waals surface area contributed by atoms with E-state index in [1.54, 1.807) is 56.5 Å². The molecule has 0 saturated carbocycles. The molecule has 1 aromatic heterocycles. The summed E-state index contributed by atoms with van der Waals surface area (Å²) in [4.78, 5) is 13.3. The second kappa shape index (κ2) is 10.3. The quantitative estimate of drug-likeness (QED) is 0.319. The highest BCUT2D eigenvalue weighted by Crippen LogP contribution is 2.42. The SMILES string of the molecule is COc1cccc(C2=CC(c3cccc(OC)c3OC)n3ncc(C(=O)Nc4ccc(Cl)cc4)c3N2)c1. The Labute approximate surface area is 219 Å². The number of aromatic nitrogens is 2. The average molecular weight is 517 g/mol. The topological polar surface area (TPSA) is 86.6 Å². The second-order valence-corrected chi connectivity index (χ2v) is 8.71. The molecule has 1 unspecified atom stereocenters. The molecule has 1 atom stereocenters. The van der Waals surface area contributed by atoms with Gasteiger partial charge in [-0.2, -0.15) is 5.10 Å². The van der Waals surface area contributed by atoms with Gasteiger partial charge in [0.05, 0.1) is 27.5 Å². The summed E-state index contributed by atoms with van der Waals surface area (Å²) < 4.78 is 18.5. The molecule has 0 spiro atoms. The van der Waals surface area contributed by atoms with Gasteiger partial charge in [-0.15, -0.1) is 0 Å². The molecule has 8 nitrogen and oxygen atoms in total.